The normalized spacial score (nSPS) is 12.9. The van der Waals surface area contributed by atoms with Crippen LogP contribution in [0.2, 0.25) is 5.02 Å². The van der Waals surface area contributed by atoms with E-state index in [4.69, 9.17) is 16.3 Å². The van der Waals surface area contributed by atoms with Crippen molar-refractivity contribution >= 4 is 37.6 Å². The molecule has 1 N–H and O–H groups in total. The molecule has 2 aromatic carbocycles. The van der Waals surface area contributed by atoms with Gasteiger partial charge >= 0.3 is 0 Å². The zero-order chi connectivity index (χ0) is 17.0. The fourth-order valence-corrected chi connectivity index (χ4v) is 3.86. The minimum Gasteiger partial charge on any atom is -0.492 e. The van der Waals surface area contributed by atoms with Crippen molar-refractivity contribution in [3.05, 3.63) is 57.5 Å². The van der Waals surface area contributed by atoms with Crippen molar-refractivity contribution in [2.75, 3.05) is 6.61 Å². The quantitative estimate of drug-likeness (QED) is 0.749. The number of rotatable bonds is 6. The third-order valence-corrected chi connectivity index (χ3v) is 5.58. The Morgan fingerprint density at radius 3 is 2.43 bits per heavy atom. The number of benzene rings is 2. The molecule has 0 unspecified atom stereocenters. The zero-order valence-electron chi connectivity index (χ0n) is 12.7. The highest BCUT2D eigenvalue weighted by molar-refractivity contribution is 9.10. The van der Waals surface area contributed by atoms with Gasteiger partial charge < -0.3 is 4.74 Å². The lowest BCUT2D eigenvalue weighted by Crippen LogP contribution is -2.26. The van der Waals surface area contributed by atoms with Crippen LogP contribution in [0.15, 0.2) is 51.8 Å². The highest BCUT2D eigenvalue weighted by Gasteiger charge is 2.19. The van der Waals surface area contributed by atoms with Crippen LogP contribution in [0.5, 0.6) is 5.75 Å². The highest BCUT2D eigenvalue weighted by atomic mass is 79.9. The first-order valence-corrected chi connectivity index (χ1v) is 9.69. The van der Waals surface area contributed by atoms with Crippen molar-refractivity contribution in [1.29, 1.82) is 0 Å². The van der Waals surface area contributed by atoms with Crippen LogP contribution in [0, 0.1) is 0 Å². The SMILES string of the molecule is CCOc1ccc(S(=O)(=O)N[C@H](C)c2ccc(Br)cc2)cc1Cl. The first-order valence-electron chi connectivity index (χ1n) is 7.03. The summed E-state index contributed by atoms with van der Waals surface area (Å²) in [5.41, 5.74) is 0.869. The van der Waals surface area contributed by atoms with E-state index in [0.717, 1.165) is 10.0 Å². The van der Waals surface area contributed by atoms with Gasteiger partial charge in [-0.1, -0.05) is 39.7 Å². The molecule has 2 rings (SSSR count). The smallest absolute Gasteiger partial charge is 0.241 e. The van der Waals surface area contributed by atoms with Crippen LogP contribution < -0.4 is 9.46 Å². The molecule has 0 aliphatic rings. The summed E-state index contributed by atoms with van der Waals surface area (Å²) in [6.45, 7) is 4.09. The summed E-state index contributed by atoms with van der Waals surface area (Å²) in [5.74, 6) is 0.467. The molecule has 7 heteroatoms. The molecule has 0 bridgehead atoms. The van der Waals surface area contributed by atoms with E-state index in [2.05, 4.69) is 20.7 Å². The predicted molar refractivity (Wildman–Crippen MR) is 95.5 cm³/mol. The molecule has 0 radical (unpaired) electrons. The van der Waals surface area contributed by atoms with Crippen molar-refractivity contribution < 1.29 is 13.2 Å². The molecule has 0 saturated carbocycles. The Kier molecular flexibility index (Phi) is 6.08. The van der Waals surface area contributed by atoms with E-state index in [-0.39, 0.29) is 16.0 Å². The fraction of sp³-hybridized carbons (Fsp3) is 0.250. The van der Waals surface area contributed by atoms with Crippen LogP contribution in [0.1, 0.15) is 25.5 Å². The molecule has 1 atom stereocenters. The molecular weight excluding hydrogens is 402 g/mol. The third kappa shape index (κ3) is 4.70. The van der Waals surface area contributed by atoms with E-state index in [1.54, 1.807) is 13.0 Å². The van der Waals surface area contributed by atoms with Gasteiger partial charge in [-0.2, -0.15) is 0 Å². The molecule has 0 fully saturated rings. The summed E-state index contributed by atoms with van der Waals surface area (Å²) in [6.07, 6.45) is 0. The third-order valence-electron chi connectivity index (χ3n) is 3.22. The Morgan fingerprint density at radius 1 is 1.22 bits per heavy atom. The number of halogens is 2. The molecule has 23 heavy (non-hydrogen) atoms. The van der Waals surface area contributed by atoms with Crippen LogP contribution in [0.25, 0.3) is 0 Å². The van der Waals surface area contributed by atoms with Gasteiger partial charge in [0, 0.05) is 10.5 Å². The van der Waals surface area contributed by atoms with Crippen molar-refractivity contribution in [3.8, 4) is 5.75 Å². The van der Waals surface area contributed by atoms with Gasteiger partial charge in [-0.05, 0) is 49.7 Å². The second kappa shape index (κ2) is 7.66. The van der Waals surface area contributed by atoms with Crippen molar-refractivity contribution in [3.63, 3.8) is 0 Å². The fourth-order valence-electron chi connectivity index (χ4n) is 2.04. The Balaban J connectivity index is 2.21. The van der Waals surface area contributed by atoms with Crippen LogP contribution in [-0.2, 0) is 10.0 Å². The molecule has 0 amide bonds. The maximum atomic E-state index is 12.5. The largest absolute Gasteiger partial charge is 0.492 e. The van der Waals surface area contributed by atoms with E-state index >= 15 is 0 Å². The van der Waals surface area contributed by atoms with Gasteiger partial charge in [0.25, 0.3) is 0 Å². The van der Waals surface area contributed by atoms with Gasteiger partial charge in [0.05, 0.1) is 16.5 Å². The molecule has 0 saturated heterocycles. The van der Waals surface area contributed by atoms with Gasteiger partial charge in [-0.25, -0.2) is 13.1 Å². The Labute approximate surface area is 150 Å². The molecule has 2 aromatic rings. The molecule has 124 valence electrons. The van der Waals surface area contributed by atoms with Crippen LogP contribution in [-0.4, -0.2) is 15.0 Å². The summed E-state index contributed by atoms with van der Waals surface area (Å²) in [7, 11) is -3.67. The summed E-state index contributed by atoms with van der Waals surface area (Å²) in [6, 6.07) is 11.5. The maximum Gasteiger partial charge on any atom is 0.241 e. The van der Waals surface area contributed by atoms with E-state index in [1.165, 1.54) is 12.1 Å². The molecule has 0 heterocycles. The van der Waals surface area contributed by atoms with Crippen molar-refractivity contribution in [2.24, 2.45) is 0 Å². The summed E-state index contributed by atoms with van der Waals surface area (Å²) in [4.78, 5) is 0.106. The van der Waals surface area contributed by atoms with E-state index in [0.29, 0.717) is 12.4 Å². The van der Waals surface area contributed by atoms with Gasteiger partial charge in [0.2, 0.25) is 10.0 Å². The second-order valence-corrected chi connectivity index (χ2v) is 7.96. The first kappa shape index (κ1) is 18.3. The van der Waals surface area contributed by atoms with Crippen molar-refractivity contribution in [2.45, 2.75) is 24.8 Å². The number of hydrogen-bond acceptors (Lipinski definition) is 3. The minimum atomic E-state index is -3.67. The molecule has 4 nitrogen and oxygen atoms in total. The first-order chi connectivity index (χ1) is 10.8. The average molecular weight is 419 g/mol. The molecule has 0 aliphatic heterocycles. The summed E-state index contributed by atoms with van der Waals surface area (Å²) < 4.78 is 33.9. The van der Waals surface area contributed by atoms with E-state index < -0.39 is 10.0 Å². The summed E-state index contributed by atoms with van der Waals surface area (Å²) in [5, 5.41) is 0.269. The molecule has 0 aromatic heterocycles. The lowest BCUT2D eigenvalue weighted by atomic mass is 10.1. The van der Waals surface area contributed by atoms with Gasteiger partial charge in [-0.15, -0.1) is 0 Å². The predicted octanol–water partition coefficient (Wildman–Crippen LogP) is 4.54. The van der Waals surface area contributed by atoms with Crippen LogP contribution >= 0.6 is 27.5 Å². The van der Waals surface area contributed by atoms with Crippen LogP contribution in [0.4, 0.5) is 0 Å². The lowest BCUT2D eigenvalue weighted by molar-refractivity contribution is 0.340. The summed E-state index contributed by atoms with van der Waals surface area (Å²) >= 11 is 9.42. The van der Waals surface area contributed by atoms with Crippen molar-refractivity contribution in [1.82, 2.24) is 4.72 Å². The standard InChI is InChI=1S/C16H17BrClNO3S/c1-3-22-16-9-8-14(10-15(16)18)23(20,21)19-11(2)12-4-6-13(17)7-5-12/h4-11,19H,3H2,1-2H3/t11-/m1/s1. The monoisotopic (exact) mass is 417 g/mol. The number of sulfonamides is 1. The Bertz CT molecular complexity index is 778. The molecular formula is C16H17BrClNO3S. The Morgan fingerprint density at radius 2 is 1.87 bits per heavy atom. The van der Waals surface area contributed by atoms with Gasteiger partial charge in [-0.3, -0.25) is 0 Å². The van der Waals surface area contributed by atoms with E-state index in [1.807, 2.05) is 31.2 Å². The lowest BCUT2D eigenvalue weighted by Gasteiger charge is -2.15. The maximum absolute atomic E-state index is 12.5. The number of hydrogen-bond donors (Lipinski definition) is 1. The highest BCUT2D eigenvalue weighted by Crippen LogP contribution is 2.28. The average Bonchev–Trinajstić information content (AvgIpc) is 2.49. The Hall–Kier alpha value is -1.08. The topological polar surface area (TPSA) is 55.4 Å². The van der Waals surface area contributed by atoms with Crippen LogP contribution in [0.3, 0.4) is 0 Å². The number of nitrogens with one attached hydrogen (secondary N) is 1. The number of ether oxygens (including phenoxy) is 1. The second-order valence-electron chi connectivity index (χ2n) is 4.92. The zero-order valence-corrected chi connectivity index (χ0v) is 15.9. The van der Waals surface area contributed by atoms with E-state index in [9.17, 15) is 8.42 Å². The minimum absolute atomic E-state index is 0.106. The van der Waals surface area contributed by atoms with Gasteiger partial charge in [0.1, 0.15) is 5.75 Å². The molecule has 0 aliphatic carbocycles. The van der Waals surface area contributed by atoms with Gasteiger partial charge in [0.15, 0.2) is 0 Å². The molecule has 0 spiro atoms.